The van der Waals surface area contributed by atoms with Crippen LogP contribution in [0, 0.1) is 0 Å². The molecule has 0 aliphatic carbocycles. The zero-order valence-electron chi connectivity index (χ0n) is 12.4. The summed E-state index contributed by atoms with van der Waals surface area (Å²) in [6, 6.07) is 15.2. The van der Waals surface area contributed by atoms with Crippen molar-refractivity contribution in [3.8, 4) is 11.5 Å². The maximum absolute atomic E-state index is 11.9. The predicted octanol–water partition coefficient (Wildman–Crippen LogP) is 2.81. The summed E-state index contributed by atoms with van der Waals surface area (Å²) in [5.41, 5.74) is 1.70. The zero-order chi connectivity index (χ0) is 15.4. The number of aryl methyl sites for hydroxylation is 1. The van der Waals surface area contributed by atoms with E-state index in [1.165, 1.54) is 0 Å². The zero-order valence-corrected chi connectivity index (χ0v) is 12.4. The first-order valence-electron chi connectivity index (χ1n) is 7.23. The molecule has 0 saturated carbocycles. The van der Waals surface area contributed by atoms with Gasteiger partial charge in [0, 0.05) is 6.54 Å². The lowest BCUT2D eigenvalue weighted by atomic mass is 10.3. The lowest BCUT2D eigenvalue weighted by molar-refractivity contribution is 0.282. The summed E-state index contributed by atoms with van der Waals surface area (Å²) >= 11 is 0. The first kappa shape index (κ1) is 14.3. The second-order valence-corrected chi connectivity index (χ2v) is 4.95. The summed E-state index contributed by atoms with van der Waals surface area (Å²) in [7, 11) is 1.62. The third-order valence-electron chi connectivity index (χ3n) is 3.53. The lowest BCUT2D eigenvalue weighted by Gasteiger charge is -2.10. The van der Waals surface area contributed by atoms with Gasteiger partial charge in [-0.3, -0.25) is 4.57 Å². The quantitative estimate of drug-likeness (QED) is 0.712. The monoisotopic (exact) mass is 298 g/mol. The standard InChI is InChI=1S/C17H18N2O3/c1-21-15-9-4-5-10-16(15)22-12-6-11-19-14-8-3-2-7-13(14)18-17(19)20/h2-5,7-10H,6,11-12H2,1H3,(H,18,20). The van der Waals surface area contributed by atoms with Gasteiger partial charge in [-0.1, -0.05) is 24.3 Å². The number of ether oxygens (including phenoxy) is 2. The Kier molecular flexibility index (Phi) is 4.14. The lowest BCUT2D eigenvalue weighted by Crippen LogP contribution is -2.18. The summed E-state index contributed by atoms with van der Waals surface area (Å²) in [5.74, 6) is 1.43. The van der Waals surface area contributed by atoms with Crippen LogP contribution < -0.4 is 15.2 Å². The van der Waals surface area contributed by atoms with E-state index in [4.69, 9.17) is 9.47 Å². The van der Waals surface area contributed by atoms with Crippen molar-refractivity contribution in [2.75, 3.05) is 13.7 Å². The van der Waals surface area contributed by atoms with Crippen molar-refractivity contribution in [3.05, 3.63) is 59.0 Å². The van der Waals surface area contributed by atoms with Gasteiger partial charge in [-0.15, -0.1) is 0 Å². The number of para-hydroxylation sites is 4. The fourth-order valence-corrected chi connectivity index (χ4v) is 2.47. The predicted molar refractivity (Wildman–Crippen MR) is 85.7 cm³/mol. The summed E-state index contributed by atoms with van der Waals surface area (Å²) in [4.78, 5) is 14.8. The first-order valence-corrected chi connectivity index (χ1v) is 7.23. The van der Waals surface area contributed by atoms with Crippen LogP contribution in [-0.2, 0) is 6.54 Å². The number of aromatic amines is 1. The third kappa shape index (κ3) is 2.83. The van der Waals surface area contributed by atoms with Crippen LogP contribution in [0.3, 0.4) is 0 Å². The molecule has 3 rings (SSSR count). The number of hydrogen-bond acceptors (Lipinski definition) is 3. The molecule has 0 amide bonds. The van der Waals surface area contributed by atoms with Gasteiger partial charge in [0.2, 0.25) is 0 Å². The highest BCUT2D eigenvalue weighted by molar-refractivity contribution is 5.74. The highest BCUT2D eigenvalue weighted by Gasteiger charge is 2.06. The number of rotatable bonds is 6. The van der Waals surface area contributed by atoms with Gasteiger partial charge >= 0.3 is 5.69 Å². The summed E-state index contributed by atoms with van der Waals surface area (Å²) < 4.78 is 12.7. The number of fused-ring (bicyclic) bond motifs is 1. The number of H-pyrrole nitrogens is 1. The molecule has 0 spiro atoms. The number of benzene rings is 2. The smallest absolute Gasteiger partial charge is 0.326 e. The molecule has 5 nitrogen and oxygen atoms in total. The Morgan fingerprint density at radius 2 is 1.77 bits per heavy atom. The molecular weight excluding hydrogens is 280 g/mol. The highest BCUT2D eigenvalue weighted by atomic mass is 16.5. The first-order chi connectivity index (χ1) is 10.8. The fourth-order valence-electron chi connectivity index (χ4n) is 2.47. The van der Waals surface area contributed by atoms with E-state index < -0.39 is 0 Å². The van der Waals surface area contributed by atoms with Crippen LogP contribution >= 0.6 is 0 Å². The van der Waals surface area contributed by atoms with Crippen molar-refractivity contribution < 1.29 is 9.47 Å². The number of imidazole rings is 1. The number of methoxy groups -OCH3 is 1. The van der Waals surface area contributed by atoms with E-state index in [1.54, 1.807) is 11.7 Å². The van der Waals surface area contributed by atoms with Gasteiger partial charge in [0.05, 0.1) is 24.8 Å². The van der Waals surface area contributed by atoms with Gasteiger partial charge in [0.1, 0.15) is 0 Å². The SMILES string of the molecule is COc1ccccc1OCCCn1c(=O)[nH]c2ccccc21. The Morgan fingerprint density at radius 1 is 1.05 bits per heavy atom. The number of nitrogens with zero attached hydrogens (tertiary/aromatic N) is 1. The molecule has 0 unspecified atom stereocenters. The van der Waals surface area contributed by atoms with E-state index in [0.29, 0.717) is 18.9 Å². The van der Waals surface area contributed by atoms with E-state index in [2.05, 4.69) is 4.98 Å². The molecule has 0 saturated heterocycles. The van der Waals surface area contributed by atoms with E-state index in [1.807, 2.05) is 48.5 Å². The van der Waals surface area contributed by atoms with Gasteiger partial charge in [0.15, 0.2) is 11.5 Å². The Balaban J connectivity index is 1.63. The number of aromatic nitrogens is 2. The van der Waals surface area contributed by atoms with E-state index >= 15 is 0 Å². The van der Waals surface area contributed by atoms with Gasteiger partial charge in [0.25, 0.3) is 0 Å². The molecule has 3 aromatic rings. The summed E-state index contributed by atoms with van der Waals surface area (Å²) in [5, 5.41) is 0. The fraction of sp³-hybridized carbons (Fsp3) is 0.235. The van der Waals surface area contributed by atoms with Gasteiger partial charge in [-0.05, 0) is 30.7 Å². The van der Waals surface area contributed by atoms with Gasteiger partial charge in [-0.25, -0.2) is 4.79 Å². The van der Waals surface area contributed by atoms with Crippen LogP contribution in [0.1, 0.15) is 6.42 Å². The molecule has 5 heteroatoms. The second-order valence-electron chi connectivity index (χ2n) is 4.95. The average Bonchev–Trinajstić information content (AvgIpc) is 2.87. The molecule has 2 aromatic carbocycles. The van der Waals surface area contributed by atoms with Crippen molar-refractivity contribution in [1.82, 2.24) is 9.55 Å². The largest absolute Gasteiger partial charge is 0.493 e. The molecule has 1 N–H and O–H groups in total. The van der Waals surface area contributed by atoms with Gasteiger partial charge in [-0.2, -0.15) is 0 Å². The van der Waals surface area contributed by atoms with Crippen molar-refractivity contribution >= 4 is 11.0 Å². The molecule has 0 aliphatic rings. The number of hydrogen-bond donors (Lipinski definition) is 1. The van der Waals surface area contributed by atoms with Crippen LogP contribution in [0.25, 0.3) is 11.0 Å². The molecule has 114 valence electrons. The molecule has 0 bridgehead atoms. The van der Waals surface area contributed by atoms with Crippen molar-refractivity contribution in [2.24, 2.45) is 0 Å². The van der Waals surface area contributed by atoms with Crippen LogP contribution in [0.5, 0.6) is 11.5 Å². The Morgan fingerprint density at radius 3 is 2.59 bits per heavy atom. The number of nitrogens with one attached hydrogen (secondary N) is 1. The maximum Gasteiger partial charge on any atom is 0.326 e. The Bertz CT molecular complexity index is 820. The molecule has 1 aromatic heterocycles. The van der Waals surface area contributed by atoms with Crippen LogP contribution in [0.15, 0.2) is 53.3 Å². The molecule has 0 radical (unpaired) electrons. The molecular formula is C17H18N2O3. The van der Waals surface area contributed by atoms with E-state index in [9.17, 15) is 4.79 Å². The van der Waals surface area contributed by atoms with Crippen molar-refractivity contribution in [2.45, 2.75) is 13.0 Å². The molecule has 0 atom stereocenters. The van der Waals surface area contributed by atoms with E-state index in [-0.39, 0.29) is 5.69 Å². The molecule has 0 fully saturated rings. The van der Waals surface area contributed by atoms with Gasteiger partial charge < -0.3 is 14.5 Å². The highest BCUT2D eigenvalue weighted by Crippen LogP contribution is 2.25. The minimum absolute atomic E-state index is 0.0847. The van der Waals surface area contributed by atoms with Crippen LogP contribution in [0.2, 0.25) is 0 Å². The normalized spacial score (nSPS) is 10.8. The van der Waals surface area contributed by atoms with E-state index in [0.717, 1.165) is 23.2 Å². The second kappa shape index (κ2) is 6.39. The minimum Gasteiger partial charge on any atom is -0.493 e. The minimum atomic E-state index is -0.0847. The maximum atomic E-state index is 11.9. The molecule has 1 heterocycles. The average molecular weight is 298 g/mol. The topological polar surface area (TPSA) is 56.2 Å². The molecule has 0 aliphatic heterocycles. The summed E-state index contributed by atoms with van der Waals surface area (Å²) in [6.45, 7) is 1.13. The Labute approximate surface area is 128 Å². The summed E-state index contributed by atoms with van der Waals surface area (Å²) in [6.07, 6.45) is 0.736. The molecule has 22 heavy (non-hydrogen) atoms. The van der Waals surface area contributed by atoms with Crippen LogP contribution in [-0.4, -0.2) is 23.3 Å². The van der Waals surface area contributed by atoms with Crippen molar-refractivity contribution in [3.63, 3.8) is 0 Å². The Hall–Kier alpha value is -2.69. The van der Waals surface area contributed by atoms with Crippen LogP contribution in [0.4, 0.5) is 0 Å². The third-order valence-corrected chi connectivity index (χ3v) is 3.53. The van der Waals surface area contributed by atoms with Crippen molar-refractivity contribution in [1.29, 1.82) is 0 Å².